The fourth-order valence-electron chi connectivity index (χ4n) is 1.62. The van der Waals surface area contributed by atoms with Crippen molar-refractivity contribution in [2.75, 3.05) is 19.6 Å². The molecule has 1 aromatic rings. The van der Waals surface area contributed by atoms with Gasteiger partial charge in [0.05, 0.1) is 5.02 Å². The molecule has 0 aromatic heterocycles. The van der Waals surface area contributed by atoms with E-state index in [4.69, 9.17) is 11.6 Å². The molecule has 1 atom stereocenters. The van der Waals surface area contributed by atoms with E-state index in [1.807, 2.05) is 0 Å². The van der Waals surface area contributed by atoms with Gasteiger partial charge in [-0.15, -0.1) is 12.4 Å². The summed E-state index contributed by atoms with van der Waals surface area (Å²) in [5.74, 6) is -0.362. The molecule has 84 valence electrons. The lowest BCUT2D eigenvalue weighted by Gasteiger charge is -2.24. The Morgan fingerprint density at radius 1 is 1.33 bits per heavy atom. The third kappa shape index (κ3) is 3.05. The molecule has 0 radical (unpaired) electrons. The lowest BCUT2D eigenvalue weighted by molar-refractivity contribution is 0.430. The van der Waals surface area contributed by atoms with Crippen LogP contribution in [-0.2, 0) is 0 Å². The molecule has 0 bridgehead atoms. The summed E-state index contributed by atoms with van der Waals surface area (Å²) in [4.78, 5) is 0. The third-order valence-corrected chi connectivity index (χ3v) is 2.68. The lowest BCUT2D eigenvalue weighted by Crippen LogP contribution is -2.42. The Bertz CT molecular complexity index is 327. The summed E-state index contributed by atoms with van der Waals surface area (Å²) in [6.45, 7) is 2.77. The van der Waals surface area contributed by atoms with Gasteiger partial charge < -0.3 is 10.6 Å². The van der Waals surface area contributed by atoms with Crippen LogP contribution in [0.3, 0.4) is 0 Å². The van der Waals surface area contributed by atoms with Crippen LogP contribution in [0.4, 0.5) is 4.39 Å². The smallest absolute Gasteiger partial charge is 0.141 e. The first-order chi connectivity index (χ1) is 6.77. The molecule has 1 fully saturated rings. The Hall–Kier alpha value is -0.350. The summed E-state index contributed by atoms with van der Waals surface area (Å²) >= 11 is 5.71. The first-order valence-corrected chi connectivity index (χ1v) is 5.04. The Labute approximate surface area is 99.6 Å². The van der Waals surface area contributed by atoms with E-state index in [1.165, 1.54) is 6.07 Å². The Morgan fingerprint density at radius 2 is 2.13 bits per heavy atom. The Balaban J connectivity index is 0.00000112. The molecule has 15 heavy (non-hydrogen) atoms. The fourth-order valence-corrected chi connectivity index (χ4v) is 1.81. The molecule has 1 aromatic carbocycles. The second kappa shape index (κ2) is 5.66. The highest BCUT2D eigenvalue weighted by Crippen LogP contribution is 2.21. The van der Waals surface area contributed by atoms with Gasteiger partial charge in [-0.1, -0.05) is 17.7 Å². The van der Waals surface area contributed by atoms with Crippen LogP contribution < -0.4 is 10.6 Å². The molecular weight excluding hydrogens is 238 g/mol. The van der Waals surface area contributed by atoms with Gasteiger partial charge in [0, 0.05) is 25.7 Å². The molecule has 1 saturated heterocycles. The summed E-state index contributed by atoms with van der Waals surface area (Å²) < 4.78 is 12.9. The zero-order valence-corrected chi connectivity index (χ0v) is 9.67. The first kappa shape index (κ1) is 12.7. The van der Waals surface area contributed by atoms with E-state index in [0.717, 1.165) is 25.2 Å². The van der Waals surface area contributed by atoms with E-state index in [1.54, 1.807) is 12.1 Å². The van der Waals surface area contributed by atoms with Crippen LogP contribution >= 0.6 is 24.0 Å². The van der Waals surface area contributed by atoms with Crippen molar-refractivity contribution in [1.29, 1.82) is 0 Å². The minimum Gasteiger partial charge on any atom is -0.314 e. The Morgan fingerprint density at radius 3 is 2.73 bits per heavy atom. The van der Waals surface area contributed by atoms with E-state index in [2.05, 4.69) is 10.6 Å². The topological polar surface area (TPSA) is 24.1 Å². The molecule has 2 N–H and O–H groups in total. The normalized spacial score (nSPS) is 20.8. The molecule has 0 saturated carbocycles. The average molecular weight is 251 g/mol. The van der Waals surface area contributed by atoms with Crippen LogP contribution in [0.1, 0.15) is 11.6 Å². The van der Waals surface area contributed by atoms with Crippen molar-refractivity contribution >= 4 is 24.0 Å². The molecule has 1 aliphatic heterocycles. The van der Waals surface area contributed by atoms with Crippen LogP contribution in [0, 0.1) is 5.82 Å². The fraction of sp³-hybridized carbons (Fsp3) is 0.400. The van der Waals surface area contributed by atoms with Crippen LogP contribution in [-0.4, -0.2) is 19.6 Å². The van der Waals surface area contributed by atoms with Crippen LogP contribution in [0.25, 0.3) is 0 Å². The zero-order chi connectivity index (χ0) is 9.97. The molecule has 0 unspecified atom stereocenters. The average Bonchev–Trinajstić information content (AvgIpc) is 2.23. The molecule has 1 heterocycles. The first-order valence-electron chi connectivity index (χ1n) is 4.66. The highest BCUT2D eigenvalue weighted by molar-refractivity contribution is 6.30. The zero-order valence-electron chi connectivity index (χ0n) is 8.09. The third-order valence-electron chi connectivity index (χ3n) is 2.39. The SMILES string of the molecule is Cl.Fc1ccc([C@H]2CNCCN2)cc1Cl. The van der Waals surface area contributed by atoms with E-state index >= 15 is 0 Å². The Kier molecular flexibility index (Phi) is 4.80. The minimum atomic E-state index is -0.362. The number of piperazine rings is 1. The summed E-state index contributed by atoms with van der Waals surface area (Å²) in [5, 5.41) is 6.80. The highest BCUT2D eigenvalue weighted by Gasteiger charge is 2.14. The number of halogens is 3. The van der Waals surface area contributed by atoms with Crippen LogP contribution in [0.2, 0.25) is 5.02 Å². The molecule has 1 aliphatic rings. The highest BCUT2D eigenvalue weighted by atomic mass is 35.5. The number of nitrogens with one attached hydrogen (secondary N) is 2. The summed E-state index contributed by atoms with van der Waals surface area (Å²) in [5.41, 5.74) is 1.03. The molecule has 0 spiro atoms. The molecule has 5 heteroatoms. The van der Waals surface area contributed by atoms with Crippen molar-refractivity contribution in [2.45, 2.75) is 6.04 Å². The van der Waals surface area contributed by atoms with Crippen molar-refractivity contribution in [3.8, 4) is 0 Å². The van der Waals surface area contributed by atoms with Crippen molar-refractivity contribution in [3.63, 3.8) is 0 Å². The van der Waals surface area contributed by atoms with Gasteiger partial charge in [0.2, 0.25) is 0 Å². The van der Waals surface area contributed by atoms with Gasteiger partial charge in [-0.25, -0.2) is 4.39 Å². The van der Waals surface area contributed by atoms with E-state index < -0.39 is 0 Å². The minimum absolute atomic E-state index is 0. The van der Waals surface area contributed by atoms with Crippen LogP contribution in [0.5, 0.6) is 0 Å². The van der Waals surface area contributed by atoms with E-state index in [0.29, 0.717) is 0 Å². The van der Waals surface area contributed by atoms with Crippen LogP contribution in [0.15, 0.2) is 18.2 Å². The standard InChI is InChI=1S/C10H12ClFN2.ClH/c11-8-5-7(1-2-9(8)12)10-6-13-3-4-14-10;/h1-2,5,10,13-14H,3-4,6H2;1H/t10-;/m1./s1. The van der Waals surface area contributed by atoms with Gasteiger partial charge in [0.25, 0.3) is 0 Å². The summed E-state index contributed by atoms with van der Waals surface area (Å²) in [6.07, 6.45) is 0. The van der Waals surface area contributed by atoms with Crippen molar-refractivity contribution in [1.82, 2.24) is 10.6 Å². The van der Waals surface area contributed by atoms with E-state index in [9.17, 15) is 4.39 Å². The van der Waals surface area contributed by atoms with Gasteiger partial charge in [0.1, 0.15) is 5.82 Å². The second-order valence-electron chi connectivity index (χ2n) is 3.38. The number of rotatable bonds is 1. The number of benzene rings is 1. The molecule has 2 rings (SSSR count). The quantitative estimate of drug-likeness (QED) is 0.799. The monoisotopic (exact) mass is 250 g/mol. The van der Waals surface area contributed by atoms with Gasteiger partial charge >= 0.3 is 0 Å². The molecule has 2 nitrogen and oxygen atoms in total. The van der Waals surface area contributed by atoms with Gasteiger partial charge in [0.15, 0.2) is 0 Å². The van der Waals surface area contributed by atoms with Gasteiger partial charge in [-0.05, 0) is 17.7 Å². The largest absolute Gasteiger partial charge is 0.314 e. The maximum atomic E-state index is 12.9. The van der Waals surface area contributed by atoms with Crippen molar-refractivity contribution in [3.05, 3.63) is 34.6 Å². The predicted molar refractivity (Wildman–Crippen MR) is 62.3 cm³/mol. The predicted octanol–water partition coefficient (Wildman–Crippen LogP) is 2.13. The summed E-state index contributed by atoms with van der Waals surface area (Å²) in [6, 6.07) is 5.10. The summed E-state index contributed by atoms with van der Waals surface area (Å²) in [7, 11) is 0. The molecular formula is C10H13Cl2FN2. The number of hydrogen-bond acceptors (Lipinski definition) is 2. The molecule has 0 amide bonds. The number of hydrogen-bond donors (Lipinski definition) is 2. The second-order valence-corrected chi connectivity index (χ2v) is 3.79. The lowest BCUT2D eigenvalue weighted by atomic mass is 10.1. The van der Waals surface area contributed by atoms with Crippen molar-refractivity contribution in [2.24, 2.45) is 0 Å². The maximum Gasteiger partial charge on any atom is 0.141 e. The van der Waals surface area contributed by atoms with Crippen molar-refractivity contribution < 1.29 is 4.39 Å². The van der Waals surface area contributed by atoms with Gasteiger partial charge in [-0.2, -0.15) is 0 Å². The molecule has 0 aliphatic carbocycles. The van der Waals surface area contributed by atoms with E-state index in [-0.39, 0.29) is 29.3 Å². The maximum absolute atomic E-state index is 12.9. The van der Waals surface area contributed by atoms with Gasteiger partial charge in [-0.3, -0.25) is 0 Å².